The minimum atomic E-state index is 0. The lowest BCUT2D eigenvalue weighted by Gasteiger charge is -2.48. The van der Waals surface area contributed by atoms with Gasteiger partial charge >= 0.3 is 0 Å². The van der Waals surface area contributed by atoms with E-state index in [0.29, 0.717) is 5.92 Å². The van der Waals surface area contributed by atoms with Gasteiger partial charge in [0.2, 0.25) is 0 Å². The predicted molar refractivity (Wildman–Crippen MR) is 129 cm³/mol. The van der Waals surface area contributed by atoms with Crippen molar-refractivity contribution in [3.05, 3.63) is 65.2 Å². The highest BCUT2D eigenvalue weighted by molar-refractivity contribution is 5.46. The summed E-state index contributed by atoms with van der Waals surface area (Å²) < 4.78 is 1.38. The molecule has 1 heterocycles. The van der Waals surface area contributed by atoms with Crippen LogP contribution in [-0.2, 0) is 12.8 Å². The van der Waals surface area contributed by atoms with Gasteiger partial charge in [-0.15, -0.1) is 0 Å². The smallest absolute Gasteiger partial charge is 0.0907 e. The molecule has 0 spiro atoms. The van der Waals surface area contributed by atoms with Crippen LogP contribution in [0.4, 0.5) is 5.69 Å². The summed E-state index contributed by atoms with van der Waals surface area (Å²) in [6, 6.07) is 19.1. The third-order valence-electron chi connectivity index (χ3n) is 7.74. The average molecular weight is 533 g/mol. The number of halogens is 1. The number of fused-ring (bicyclic) bond motifs is 1. The van der Waals surface area contributed by atoms with Crippen molar-refractivity contribution in [3.8, 4) is 0 Å². The number of hydrogen-bond donors (Lipinski definition) is 1. The maximum Gasteiger partial charge on any atom is 0.0907 e. The van der Waals surface area contributed by atoms with Crippen molar-refractivity contribution in [2.24, 2.45) is 0 Å². The minimum Gasteiger partial charge on any atom is -1.00 e. The lowest BCUT2D eigenvalue weighted by molar-refractivity contribution is -0.956. The molecular formula is C28H41IN2. The Morgan fingerprint density at radius 1 is 0.871 bits per heavy atom. The highest BCUT2D eigenvalue weighted by Gasteiger charge is 2.37. The third kappa shape index (κ3) is 5.84. The van der Waals surface area contributed by atoms with E-state index in [-0.39, 0.29) is 24.0 Å². The summed E-state index contributed by atoms with van der Waals surface area (Å²) in [5.74, 6) is 0.652. The first-order valence-electron chi connectivity index (χ1n) is 12.5. The van der Waals surface area contributed by atoms with Gasteiger partial charge in [0, 0.05) is 18.7 Å². The van der Waals surface area contributed by atoms with E-state index < -0.39 is 0 Å². The molecule has 170 valence electrons. The van der Waals surface area contributed by atoms with E-state index in [1.807, 2.05) is 0 Å². The molecule has 3 heteroatoms. The van der Waals surface area contributed by atoms with Gasteiger partial charge in [0.05, 0.1) is 25.7 Å². The Bertz CT molecular complexity index is 764. The quantitative estimate of drug-likeness (QED) is 0.385. The Kier molecular flexibility index (Phi) is 9.27. The Balaban J connectivity index is 0.00000272. The number of anilines is 1. The minimum absolute atomic E-state index is 0. The van der Waals surface area contributed by atoms with Crippen LogP contribution in [0.15, 0.2) is 48.5 Å². The summed E-state index contributed by atoms with van der Waals surface area (Å²) in [5.41, 5.74) is 5.86. The summed E-state index contributed by atoms with van der Waals surface area (Å²) in [4.78, 5) is 0. The number of likely N-dealkylation sites (tertiary alicyclic amines) is 1. The van der Waals surface area contributed by atoms with Crippen LogP contribution < -0.4 is 29.3 Å². The van der Waals surface area contributed by atoms with Gasteiger partial charge in [0.25, 0.3) is 0 Å². The maximum absolute atomic E-state index is 3.74. The molecule has 2 aromatic carbocycles. The van der Waals surface area contributed by atoms with Gasteiger partial charge in [-0.05, 0) is 79.7 Å². The number of nitrogens with one attached hydrogen (secondary N) is 1. The lowest BCUT2D eigenvalue weighted by Crippen LogP contribution is -3.00. The van der Waals surface area contributed by atoms with Crippen LogP contribution in [0.5, 0.6) is 0 Å². The summed E-state index contributed by atoms with van der Waals surface area (Å²) in [6.45, 7) is 9.99. The molecule has 1 fully saturated rings. The van der Waals surface area contributed by atoms with E-state index in [1.165, 1.54) is 97.9 Å². The zero-order valence-corrected chi connectivity index (χ0v) is 21.7. The molecule has 0 radical (unpaired) electrons. The van der Waals surface area contributed by atoms with E-state index in [2.05, 4.69) is 67.7 Å². The highest BCUT2D eigenvalue weighted by Crippen LogP contribution is 2.34. The van der Waals surface area contributed by atoms with Crippen LogP contribution in [0.1, 0.15) is 75.0 Å². The third-order valence-corrected chi connectivity index (χ3v) is 7.74. The van der Waals surface area contributed by atoms with E-state index in [1.54, 1.807) is 0 Å². The topological polar surface area (TPSA) is 12.0 Å². The molecule has 4 rings (SSSR count). The highest BCUT2D eigenvalue weighted by atomic mass is 127. The van der Waals surface area contributed by atoms with Crippen molar-refractivity contribution in [1.82, 2.24) is 0 Å². The lowest BCUT2D eigenvalue weighted by atomic mass is 9.94. The van der Waals surface area contributed by atoms with Crippen molar-refractivity contribution in [3.63, 3.8) is 0 Å². The largest absolute Gasteiger partial charge is 1.00 e. The zero-order valence-electron chi connectivity index (χ0n) is 19.6. The maximum atomic E-state index is 3.74. The second kappa shape index (κ2) is 11.7. The van der Waals surface area contributed by atoms with Gasteiger partial charge in [-0.2, -0.15) is 0 Å². The predicted octanol–water partition coefficient (Wildman–Crippen LogP) is 3.56. The Labute approximate surface area is 207 Å². The molecule has 1 atom stereocenters. The van der Waals surface area contributed by atoms with Gasteiger partial charge in [0.15, 0.2) is 0 Å². The van der Waals surface area contributed by atoms with E-state index in [4.69, 9.17) is 0 Å². The molecule has 2 nitrogen and oxygen atoms in total. The molecule has 0 bridgehead atoms. The molecule has 2 aromatic rings. The molecule has 1 N–H and O–H groups in total. The molecule has 2 aliphatic rings. The normalized spacial score (nSPS) is 20.1. The fraction of sp³-hybridized carbons (Fsp3) is 0.571. The molecule has 0 aromatic heterocycles. The van der Waals surface area contributed by atoms with E-state index in [0.717, 1.165) is 12.6 Å². The van der Waals surface area contributed by atoms with Crippen molar-refractivity contribution in [2.45, 2.75) is 77.2 Å². The molecule has 31 heavy (non-hydrogen) atoms. The molecular weight excluding hydrogens is 491 g/mol. The van der Waals surface area contributed by atoms with Crippen molar-refractivity contribution in [2.75, 3.05) is 31.5 Å². The number of quaternary nitrogens is 1. The van der Waals surface area contributed by atoms with Crippen LogP contribution in [-0.4, -0.2) is 36.7 Å². The SMILES string of the molecule is CCC[N+]1(CCC)CCCCC1CCNc1ccc(C2Cc3ccccc3C2)cc1.[I-]. The zero-order chi connectivity index (χ0) is 20.8. The molecule has 1 aliphatic carbocycles. The molecule has 1 unspecified atom stereocenters. The summed E-state index contributed by atoms with van der Waals surface area (Å²) >= 11 is 0. The number of hydrogen-bond acceptors (Lipinski definition) is 1. The van der Waals surface area contributed by atoms with Crippen LogP contribution >= 0.6 is 0 Å². The number of benzene rings is 2. The van der Waals surface area contributed by atoms with E-state index in [9.17, 15) is 0 Å². The van der Waals surface area contributed by atoms with Gasteiger partial charge in [-0.25, -0.2) is 0 Å². The van der Waals surface area contributed by atoms with Crippen molar-refractivity contribution < 1.29 is 28.5 Å². The Hall–Kier alpha value is -1.07. The number of piperidine rings is 1. The van der Waals surface area contributed by atoms with Gasteiger partial charge in [-0.1, -0.05) is 50.2 Å². The van der Waals surface area contributed by atoms with Crippen LogP contribution in [0.25, 0.3) is 0 Å². The monoisotopic (exact) mass is 532 g/mol. The summed E-state index contributed by atoms with van der Waals surface area (Å²) in [7, 11) is 0. The van der Waals surface area contributed by atoms with Crippen LogP contribution in [0.2, 0.25) is 0 Å². The summed E-state index contributed by atoms with van der Waals surface area (Å²) in [6.07, 6.45) is 10.6. The standard InChI is InChI=1S/C28H41N2.HI/c1-3-18-30(19-4-2)20-8-7-11-28(30)16-17-29-27-14-12-23(13-15-27)26-21-24-9-5-6-10-25(24)22-26;/h5-6,9-10,12-15,26,28-29H,3-4,7-8,11,16-22H2,1-2H3;1H/q+1;/p-1. The molecule has 1 saturated heterocycles. The van der Waals surface area contributed by atoms with Gasteiger partial charge in [0.1, 0.15) is 0 Å². The fourth-order valence-electron chi connectivity index (χ4n) is 6.32. The molecule has 0 saturated carbocycles. The van der Waals surface area contributed by atoms with Gasteiger partial charge < -0.3 is 33.8 Å². The van der Waals surface area contributed by atoms with E-state index >= 15 is 0 Å². The molecule has 0 amide bonds. The van der Waals surface area contributed by atoms with Crippen LogP contribution in [0.3, 0.4) is 0 Å². The number of nitrogens with zero attached hydrogens (tertiary/aromatic N) is 1. The molecule has 1 aliphatic heterocycles. The van der Waals surface area contributed by atoms with Crippen LogP contribution in [0, 0.1) is 0 Å². The van der Waals surface area contributed by atoms with Crippen molar-refractivity contribution in [1.29, 1.82) is 0 Å². The number of rotatable bonds is 9. The Morgan fingerprint density at radius 2 is 1.52 bits per heavy atom. The fourth-order valence-corrected chi connectivity index (χ4v) is 6.32. The Morgan fingerprint density at radius 3 is 2.13 bits per heavy atom. The summed E-state index contributed by atoms with van der Waals surface area (Å²) in [5, 5.41) is 3.74. The first-order valence-corrected chi connectivity index (χ1v) is 12.5. The van der Waals surface area contributed by atoms with Gasteiger partial charge in [-0.3, -0.25) is 0 Å². The first kappa shape index (κ1) is 24.6. The average Bonchev–Trinajstić information content (AvgIpc) is 3.20. The second-order valence-corrected chi connectivity index (χ2v) is 9.75. The van der Waals surface area contributed by atoms with Crippen molar-refractivity contribution >= 4 is 5.69 Å². The first-order chi connectivity index (χ1) is 14.7. The second-order valence-electron chi connectivity index (χ2n) is 9.75.